The van der Waals surface area contributed by atoms with Crippen LogP contribution in [0.3, 0.4) is 0 Å². The molecule has 5 nitrogen and oxygen atoms in total. The predicted molar refractivity (Wildman–Crippen MR) is 115 cm³/mol. The number of unbranched alkanes of at least 4 members (excludes halogenated alkanes) is 10. The summed E-state index contributed by atoms with van der Waals surface area (Å²) in [7, 11) is 0. The lowest BCUT2D eigenvalue weighted by Crippen LogP contribution is -2.36. The molecule has 2 aliphatic heterocycles. The standard InChI is InChI=1S/C24H42O5/c1-2-3-4-5-6-7-8-9-10-11-12-13-14-15-16-22(24(19-25)20-29-24)23(26)28-18-21-17-27-21/h9-10,21-22,25H,2-8,11-20H2,1H3/b10-9+/t21?,22?,24-/m1/s1. The molecule has 2 aliphatic rings. The first kappa shape index (κ1) is 24.4. The summed E-state index contributed by atoms with van der Waals surface area (Å²) in [6.45, 7) is 3.59. The Morgan fingerprint density at radius 3 is 2.21 bits per heavy atom. The number of ether oxygens (including phenoxy) is 3. The van der Waals surface area contributed by atoms with Gasteiger partial charge in [0.25, 0.3) is 0 Å². The molecule has 2 rings (SSSR count). The fourth-order valence-electron chi connectivity index (χ4n) is 3.77. The highest BCUT2D eigenvalue weighted by molar-refractivity contribution is 5.74. The maximum Gasteiger partial charge on any atom is 0.312 e. The van der Waals surface area contributed by atoms with Crippen LogP contribution in [0.2, 0.25) is 0 Å². The van der Waals surface area contributed by atoms with Crippen LogP contribution >= 0.6 is 0 Å². The summed E-state index contributed by atoms with van der Waals surface area (Å²) in [6.07, 6.45) is 20.4. The Kier molecular flexibility index (Phi) is 11.9. The number of epoxide rings is 2. The number of aliphatic hydroxyl groups excluding tert-OH is 1. The van der Waals surface area contributed by atoms with E-state index in [1.54, 1.807) is 0 Å². The molecule has 0 radical (unpaired) electrons. The van der Waals surface area contributed by atoms with Crippen molar-refractivity contribution in [3.8, 4) is 0 Å². The van der Waals surface area contributed by atoms with Crippen LogP contribution in [0.4, 0.5) is 0 Å². The second-order valence-electron chi connectivity index (χ2n) is 8.67. The van der Waals surface area contributed by atoms with Gasteiger partial charge in [-0.05, 0) is 32.1 Å². The van der Waals surface area contributed by atoms with Crippen molar-refractivity contribution < 1.29 is 24.1 Å². The summed E-state index contributed by atoms with van der Waals surface area (Å²) in [5.74, 6) is -0.604. The van der Waals surface area contributed by atoms with Gasteiger partial charge < -0.3 is 19.3 Å². The number of esters is 1. The van der Waals surface area contributed by atoms with Crippen molar-refractivity contribution in [2.24, 2.45) is 5.92 Å². The molecule has 2 fully saturated rings. The van der Waals surface area contributed by atoms with Gasteiger partial charge in [0.15, 0.2) is 0 Å². The van der Waals surface area contributed by atoms with Crippen molar-refractivity contribution in [1.29, 1.82) is 0 Å². The van der Waals surface area contributed by atoms with Crippen LogP contribution in [-0.4, -0.2) is 49.2 Å². The molecule has 0 amide bonds. The normalized spacial score (nSPS) is 24.0. The van der Waals surface area contributed by atoms with E-state index in [0.717, 1.165) is 25.7 Å². The molecule has 0 aromatic carbocycles. The van der Waals surface area contributed by atoms with Crippen molar-refractivity contribution in [2.75, 3.05) is 26.4 Å². The minimum absolute atomic E-state index is 0.0684. The van der Waals surface area contributed by atoms with Gasteiger partial charge >= 0.3 is 5.97 Å². The lowest BCUT2D eigenvalue weighted by atomic mass is 9.88. The minimum Gasteiger partial charge on any atom is -0.463 e. The average molecular weight is 411 g/mol. The fraction of sp³-hybridized carbons (Fsp3) is 0.875. The molecule has 0 saturated carbocycles. The van der Waals surface area contributed by atoms with Crippen LogP contribution in [0.25, 0.3) is 0 Å². The number of hydrogen-bond acceptors (Lipinski definition) is 5. The first-order valence-electron chi connectivity index (χ1n) is 11.9. The molecular formula is C24H42O5. The summed E-state index contributed by atoms with van der Waals surface area (Å²) >= 11 is 0. The molecule has 0 aliphatic carbocycles. The highest BCUT2D eigenvalue weighted by atomic mass is 16.6. The Bertz CT molecular complexity index is 468. The molecule has 0 spiro atoms. The zero-order chi connectivity index (χ0) is 20.8. The van der Waals surface area contributed by atoms with Crippen molar-refractivity contribution in [3.63, 3.8) is 0 Å². The van der Waals surface area contributed by atoms with Crippen molar-refractivity contribution >= 4 is 5.97 Å². The molecule has 168 valence electrons. The number of aliphatic hydroxyl groups is 1. The number of hydrogen-bond donors (Lipinski definition) is 1. The Morgan fingerprint density at radius 1 is 1.07 bits per heavy atom. The van der Waals surface area contributed by atoms with Crippen molar-refractivity contribution in [2.45, 2.75) is 102 Å². The van der Waals surface area contributed by atoms with E-state index >= 15 is 0 Å². The van der Waals surface area contributed by atoms with Gasteiger partial charge in [-0.25, -0.2) is 0 Å². The molecule has 2 saturated heterocycles. The van der Waals surface area contributed by atoms with Crippen LogP contribution < -0.4 is 0 Å². The lowest BCUT2D eigenvalue weighted by molar-refractivity contribution is -0.152. The van der Waals surface area contributed by atoms with Crippen molar-refractivity contribution in [3.05, 3.63) is 12.2 Å². The van der Waals surface area contributed by atoms with Gasteiger partial charge in [0.1, 0.15) is 18.3 Å². The Morgan fingerprint density at radius 2 is 1.66 bits per heavy atom. The first-order chi connectivity index (χ1) is 14.2. The molecule has 0 bridgehead atoms. The summed E-state index contributed by atoms with van der Waals surface area (Å²) in [6, 6.07) is 0. The maximum absolute atomic E-state index is 12.4. The van der Waals surface area contributed by atoms with Gasteiger partial charge in [0.05, 0.1) is 25.7 Å². The fourth-order valence-corrected chi connectivity index (χ4v) is 3.77. The summed E-state index contributed by atoms with van der Waals surface area (Å²) in [4.78, 5) is 12.4. The Balaban J connectivity index is 1.48. The van der Waals surface area contributed by atoms with E-state index in [2.05, 4.69) is 19.1 Å². The molecule has 1 N–H and O–H groups in total. The maximum atomic E-state index is 12.4. The van der Waals surface area contributed by atoms with Gasteiger partial charge in [0, 0.05) is 0 Å². The van der Waals surface area contributed by atoms with E-state index in [9.17, 15) is 9.90 Å². The third-order valence-corrected chi connectivity index (χ3v) is 6.02. The third-order valence-electron chi connectivity index (χ3n) is 6.02. The number of carbonyl (C=O) groups excluding carboxylic acids is 1. The van der Waals surface area contributed by atoms with Crippen molar-refractivity contribution in [1.82, 2.24) is 0 Å². The van der Waals surface area contributed by atoms with E-state index in [1.165, 1.54) is 57.8 Å². The highest BCUT2D eigenvalue weighted by Crippen LogP contribution is 2.39. The quantitative estimate of drug-likeness (QED) is 0.141. The lowest BCUT2D eigenvalue weighted by Gasteiger charge is -2.21. The highest BCUT2D eigenvalue weighted by Gasteiger charge is 2.54. The second kappa shape index (κ2) is 14.2. The van der Waals surface area contributed by atoms with E-state index in [-0.39, 0.29) is 24.6 Å². The van der Waals surface area contributed by atoms with Gasteiger partial charge in [-0.2, -0.15) is 0 Å². The summed E-state index contributed by atoms with van der Waals surface area (Å²) in [5, 5.41) is 9.62. The topological polar surface area (TPSA) is 71.6 Å². The minimum atomic E-state index is -0.694. The van der Waals surface area contributed by atoms with Gasteiger partial charge in [-0.1, -0.05) is 70.4 Å². The smallest absolute Gasteiger partial charge is 0.312 e. The monoisotopic (exact) mass is 410 g/mol. The first-order valence-corrected chi connectivity index (χ1v) is 11.9. The number of carbonyl (C=O) groups is 1. The van der Waals surface area contributed by atoms with E-state index < -0.39 is 5.60 Å². The SMILES string of the molecule is CCCCCCCC/C=C/CCCCCCC(C(=O)OCC1CO1)[C@@]1(CO)CO1. The summed E-state index contributed by atoms with van der Waals surface area (Å²) < 4.78 is 15.9. The van der Waals surface area contributed by atoms with Crippen LogP contribution in [0, 0.1) is 5.92 Å². The van der Waals surface area contributed by atoms with Crippen LogP contribution in [0.1, 0.15) is 90.4 Å². The molecule has 0 aromatic heterocycles. The van der Waals surface area contributed by atoms with Crippen LogP contribution in [-0.2, 0) is 19.0 Å². The summed E-state index contributed by atoms with van der Waals surface area (Å²) in [5.41, 5.74) is -0.694. The van der Waals surface area contributed by atoms with Crippen LogP contribution in [0.5, 0.6) is 0 Å². The zero-order valence-electron chi connectivity index (χ0n) is 18.4. The van der Waals surface area contributed by atoms with Gasteiger partial charge in [-0.3, -0.25) is 4.79 Å². The molecule has 2 unspecified atom stereocenters. The van der Waals surface area contributed by atoms with Gasteiger partial charge in [-0.15, -0.1) is 0 Å². The van der Waals surface area contributed by atoms with Gasteiger partial charge in [0.2, 0.25) is 0 Å². The molecule has 0 aromatic rings. The largest absolute Gasteiger partial charge is 0.463 e. The average Bonchev–Trinajstić information content (AvgIpc) is 3.64. The van der Waals surface area contributed by atoms with Crippen LogP contribution in [0.15, 0.2) is 12.2 Å². The van der Waals surface area contributed by atoms with E-state index in [4.69, 9.17) is 14.2 Å². The molecular weight excluding hydrogens is 368 g/mol. The third kappa shape index (κ3) is 10.1. The predicted octanol–water partition coefficient (Wildman–Crippen LogP) is 4.95. The Labute approximate surface area is 177 Å². The second-order valence-corrected chi connectivity index (χ2v) is 8.67. The van der Waals surface area contributed by atoms with E-state index in [0.29, 0.717) is 19.8 Å². The zero-order valence-corrected chi connectivity index (χ0v) is 18.4. The molecule has 5 heteroatoms. The molecule has 3 atom stereocenters. The molecule has 2 heterocycles. The Hall–Kier alpha value is -0.910. The number of allylic oxidation sites excluding steroid dienone is 2. The van der Waals surface area contributed by atoms with E-state index in [1.807, 2.05) is 0 Å². The molecule has 29 heavy (non-hydrogen) atoms. The number of rotatable bonds is 19.